The molecule has 0 bridgehead atoms. The number of rotatable bonds is 3. The summed E-state index contributed by atoms with van der Waals surface area (Å²) in [6.45, 7) is 4.14. The fourth-order valence-electron chi connectivity index (χ4n) is 2.41. The molecule has 110 valence electrons. The largest absolute Gasteiger partial charge is 0.490 e. The van der Waals surface area contributed by atoms with E-state index in [1.54, 1.807) is 0 Å². The van der Waals surface area contributed by atoms with Gasteiger partial charge in [-0.25, -0.2) is 0 Å². The molecule has 0 amide bonds. The van der Waals surface area contributed by atoms with Gasteiger partial charge in [0.25, 0.3) is 0 Å². The monoisotopic (exact) mass is 303 g/mol. The predicted octanol–water partition coefficient (Wildman–Crippen LogP) is 4.42. The Morgan fingerprint density at radius 1 is 1.14 bits per heavy atom. The molecule has 0 spiro atoms. The molecule has 0 atom stereocenters. The maximum atomic E-state index is 5.98. The first-order valence-electron chi connectivity index (χ1n) is 7.11. The quantitative estimate of drug-likeness (QED) is 0.910. The molecule has 0 fully saturated rings. The van der Waals surface area contributed by atoms with E-state index in [2.05, 4.69) is 11.4 Å². The molecular formula is C17H18ClNO2. The van der Waals surface area contributed by atoms with Gasteiger partial charge in [0.15, 0.2) is 11.5 Å². The van der Waals surface area contributed by atoms with E-state index in [9.17, 15) is 0 Å². The van der Waals surface area contributed by atoms with Crippen molar-refractivity contribution in [1.29, 1.82) is 0 Å². The summed E-state index contributed by atoms with van der Waals surface area (Å²) in [4.78, 5) is 0. The second-order valence-electron chi connectivity index (χ2n) is 5.11. The minimum absolute atomic E-state index is 0.689. The zero-order chi connectivity index (χ0) is 14.7. The fourth-order valence-corrected chi connectivity index (χ4v) is 2.64. The van der Waals surface area contributed by atoms with Gasteiger partial charge in [-0.3, -0.25) is 0 Å². The van der Waals surface area contributed by atoms with Gasteiger partial charge in [-0.2, -0.15) is 0 Å². The SMILES string of the molecule is Cc1cc(Cl)ccc1NCc1cccc2c1OCCCO2. The van der Waals surface area contributed by atoms with E-state index in [0.717, 1.165) is 39.8 Å². The lowest BCUT2D eigenvalue weighted by atomic mass is 10.1. The third-order valence-electron chi connectivity index (χ3n) is 3.51. The number of hydrogen-bond acceptors (Lipinski definition) is 3. The summed E-state index contributed by atoms with van der Waals surface area (Å²) in [6.07, 6.45) is 0.915. The van der Waals surface area contributed by atoms with Crippen LogP contribution in [0.25, 0.3) is 0 Å². The second-order valence-corrected chi connectivity index (χ2v) is 5.54. The first-order valence-corrected chi connectivity index (χ1v) is 7.49. The number of anilines is 1. The molecule has 3 nitrogen and oxygen atoms in total. The highest BCUT2D eigenvalue weighted by Crippen LogP contribution is 2.33. The molecule has 0 radical (unpaired) electrons. The van der Waals surface area contributed by atoms with Crippen molar-refractivity contribution in [3.05, 3.63) is 52.5 Å². The minimum atomic E-state index is 0.689. The lowest BCUT2D eigenvalue weighted by Crippen LogP contribution is -2.04. The summed E-state index contributed by atoms with van der Waals surface area (Å²) in [5.74, 6) is 1.69. The van der Waals surface area contributed by atoms with Crippen molar-refractivity contribution in [1.82, 2.24) is 0 Å². The van der Waals surface area contributed by atoms with E-state index in [0.29, 0.717) is 19.8 Å². The Labute approximate surface area is 129 Å². The first-order chi connectivity index (χ1) is 10.2. The van der Waals surface area contributed by atoms with Crippen molar-refractivity contribution in [2.24, 2.45) is 0 Å². The van der Waals surface area contributed by atoms with Gasteiger partial charge in [0.05, 0.1) is 13.2 Å². The number of nitrogens with one attached hydrogen (secondary N) is 1. The lowest BCUT2D eigenvalue weighted by Gasteiger charge is -2.14. The number of fused-ring (bicyclic) bond motifs is 1. The van der Waals surface area contributed by atoms with Gasteiger partial charge in [0.2, 0.25) is 0 Å². The summed E-state index contributed by atoms with van der Waals surface area (Å²) < 4.78 is 11.5. The third kappa shape index (κ3) is 3.24. The van der Waals surface area contributed by atoms with Crippen LogP contribution >= 0.6 is 11.6 Å². The average molecular weight is 304 g/mol. The molecule has 21 heavy (non-hydrogen) atoms. The van der Waals surface area contributed by atoms with Gasteiger partial charge in [-0.15, -0.1) is 0 Å². The standard InChI is InChI=1S/C17H18ClNO2/c1-12-10-14(18)6-7-15(12)19-11-13-4-2-5-16-17(13)21-9-3-8-20-16/h2,4-7,10,19H,3,8-9,11H2,1H3. The maximum absolute atomic E-state index is 5.98. The molecule has 0 aromatic heterocycles. The summed E-state index contributed by atoms with van der Waals surface area (Å²) in [5, 5.41) is 4.19. The highest BCUT2D eigenvalue weighted by Gasteiger charge is 2.14. The molecule has 1 aliphatic heterocycles. The molecule has 2 aromatic carbocycles. The number of aryl methyl sites for hydroxylation is 1. The van der Waals surface area contributed by atoms with Crippen molar-refractivity contribution in [3.63, 3.8) is 0 Å². The topological polar surface area (TPSA) is 30.5 Å². The second kappa shape index (κ2) is 6.27. The van der Waals surface area contributed by atoms with Crippen molar-refractivity contribution in [3.8, 4) is 11.5 Å². The molecular weight excluding hydrogens is 286 g/mol. The number of ether oxygens (including phenoxy) is 2. The van der Waals surface area contributed by atoms with Crippen LogP contribution in [0.1, 0.15) is 17.5 Å². The summed E-state index contributed by atoms with van der Waals surface area (Å²) >= 11 is 5.98. The molecule has 2 aromatic rings. The van der Waals surface area contributed by atoms with E-state index < -0.39 is 0 Å². The smallest absolute Gasteiger partial charge is 0.166 e. The molecule has 3 rings (SSSR count). The van der Waals surface area contributed by atoms with E-state index in [1.807, 2.05) is 37.3 Å². The van der Waals surface area contributed by atoms with E-state index in [1.165, 1.54) is 0 Å². The highest BCUT2D eigenvalue weighted by molar-refractivity contribution is 6.30. The Hall–Kier alpha value is -1.87. The van der Waals surface area contributed by atoms with Crippen LogP contribution in [0.15, 0.2) is 36.4 Å². The molecule has 0 aliphatic carbocycles. The summed E-state index contributed by atoms with van der Waals surface area (Å²) in [5.41, 5.74) is 3.30. The summed E-state index contributed by atoms with van der Waals surface area (Å²) in [7, 11) is 0. The highest BCUT2D eigenvalue weighted by atomic mass is 35.5. The summed E-state index contributed by atoms with van der Waals surface area (Å²) in [6, 6.07) is 11.9. The van der Waals surface area contributed by atoms with E-state index >= 15 is 0 Å². The molecule has 1 aliphatic rings. The zero-order valence-corrected chi connectivity index (χ0v) is 12.7. The Morgan fingerprint density at radius 3 is 2.86 bits per heavy atom. The Morgan fingerprint density at radius 2 is 2.00 bits per heavy atom. The van der Waals surface area contributed by atoms with Crippen LogP contribution in [0, 0.1) is 6.92 Å². The number of para-hydroxylation sites is 1. The van der Waals surface area contributed by atoms with E-state index in [4.69, 9.17) is 21.1 Å². The molecule has 1 heterocycles. The predicted molar refractivity (Wildman–Crippen MR) is 85.6 cm³/mol. The Kier molecular flexibility index (Phi) is 4.20. The van der Waals surface area contributed by atoms with Gasteiger partial charge in [-0.05, 0) is 36.8 Å². The van der Waals surface area contributed by atoms with Crippen molar-refractivity contribution in [2.45, 2.75) is 19.9 Å². The number of halogens is 1. The number of hydrogen-bond donors (Lipinski definition) is 1. The van der Waals surface area contributed by atoms with Gasteiger partial charge < -0.3 is 14.8 Å². The average Bonchev–Trinajstić information content (AvgIpc) is 2.72. The van der Waals surface area contributed by atoms with Crippen molar-refractivity contribution < 1.29 is 9.47 Å². The maximum Gasteiger partial charge on any atom is 0.166 e. The molecule has 0 saturated heterocycles. The van der Waals surface area contributed by atoms with Crippen LogP contribution in [-0.4, -0.2) is 13.2 Å². The fraction of sp³-hybridized carbons (Fsp3) is 0.294. The minimum Gasteiger partial charge on any atom is -0.490 e. The van der Waals surface area contributed by atoms with E-state index in [-0.39, 0.29) is 0 Å². The van der Waals surface area contributed by atoms with Crippen LogP contribution in [0.2, 0.25) is 5.02 Å². The van der Waals surface area contributed by atoms with Gasteiger partial charge >= 0.3 is 0 Å². The van der Waals surface area contributed by atoms with Crippen LogP contribution in [0.5, 0.6) is 11.5 Å². The van der Waals surface area contributed by atoms with Gasteiger partial charge in [0, 0.05) is 29.2 Å². The lowest BCUT2D eigenvalue weighted by molar-refractivity contribution is 0.296. The molecule has 1 N–H and O–H groups in total. The Bertz CT molecular complexity index is 643. The van der Waals surface area contributed by atoms with Crippen LogP contribution in [0.3, 0.4) is 0 Å². The van der Waals surface area contributed by atoms with Gasteiger partial charge in [0.1, 0.15) is 0 Å². The van der Waals surface area contributed by atoms with Crippen LogP contribution < -0.4 is 14.8 Å². The number of benzene rings is 2. The molecule has 0 unspecified atom stereocenters. The third-order valence-corrected chi connectivity index (χ3v) is 3.75. The van der Waals surface area contributed by atoms with Crippen molar-refractivity contribution >= 4 is 17.3 Å². The first kappa shape index (κ1) is 14.1. The normalized spacial score (nSPS) is 13.6. The zero-order valence-electron chi connectivity index (χ0n) is 12.0. The Balaban J connectivity index is 1.79. The van der Waals surface area contributed by atoms with Crippen LogP contribution in [0.4, 0.5) is 5.69 Å². The van der Waals surface area contributed by atoms with Gasteiger partial charge in [-0.1, -0.05) is 23.7 Å². The molecule has 4 heteroatoms. The van der Waals surface area contributed by atoms with Crippen molar-refractivity contribution in [2.75, 3.05) is 18.5 Å². The molecule has 0 saturated carbocycles. The van der Waals surface area contributed by atoms with Crippen LogP contribution in [-0.2, 0) is 6.54 Å².